The molecule has 3 aromatic rings. The van der Waals surface area contributed by atoms with Crippen molar-refractivity contribution in [1.29, 1.82) is 5.26 Å². The number of aromatic amines is 2. The lowest BCUT2D eigenvalue weighted by molar-refractivity contribution is 0.480. The van der Waals surface area contributed by atoms with Crippen molar-refractivity contribution >= 4 is 17.3 Å². The molecule has 4 heterocycles. The van der Waals surface area contributed by atoms with Crippen LogP contribution in [-0.2, 0) is 0 Å². The molecule has 126 valence electrons. The number of anilines is 1. The Bertz CT molecular complexity index is 949. The number of hydrogen-bond donors (Lipinski definition) is 2. The number of piperidine rings is 1. The van der Waals surface area contributed by atoms with E-state index in [1.165, 1.54) is 11.3 Å². The van der Waals surface area contributed by atoms with Crippen molar-refractivity contribution in [3.63, 3.8) is 0 Å². The van der Waals surface area contributed by atoms with Crippen LogP contribution in [0, 0.1) is 11.3 Å². The van der Waals surface area contributed by atoms with E-state index in [2.05, 4.69) is 30.6 Å². The van der Waals surface area contributed by atoms with Crippen molar-refractivity contribution in [2.45, 2.75) is 18.8 Å². The van der Waals surface area contributed by atoms with Crippen LogP contribution in [0.2, 0.25) is 0 Å². The normalized spacial score (nSPS) is 15.2. The topological polar surface area (TPSA) is 127 Å². The fourth-order valence-electron chi connectivity index (χ4n) is 3.01. The number of nitriles is 1. The van der Waals surface area contributed by atoms with Crippen LogP contribution in [0.1, 0.15) is 30.1 Å². The van der Waals surface area contributed by atoms with E-state index < -0.39 is 5.56 Å². The van der Waals surface area contributed by atoms with Crippen molar-refractivity contribution in [1.82, 2.24) is 30.6 Å². The van der Waals surface area contributed by atoms with Gasteiger partial charge in [-0.25, -0.2) is 10.1 Å². The largest absolute Gasteiger partial charge is 0.342 e. The van der Waals surface area contributed by atoms with Gasteiger partial charge in [0.25, 0.3) is 5.56 Å². The fourth-order valence-corrected chi connectivity index (χ4v) is 3.73. The minimum absolute atomic E-state index is 0.0498. The average molecular weight is 354 g/mol. The highest BCUT2D eigenvalue weighted by molar-refractivity contribution is 7.13. The maximum atomic E-state index is 12.3. The van der Waals surface area contributed by atoms with Crippen LogP contribution < -0.4 is 10.5 Å². The van der Waals surface area contributed by atoms with Gasteiger partial charge < -0.3 is 4.90 Å². The Morgan fingerprint density at radius 2 is 2.20 bits per heavy atom. The van der Waals surface area contributed by atoms with E-state index in [0.29, 0.717) is 11.6 Å². The van der Waals surface area contributed by atoms with E-state index >= 15 is 0 Å². The number of H-pyrrole nitrogens is 2. The molecule has 0 unspecified atom stereocenters. The van der Waals surface area contributed by atoms with Gasteiger partial charge in [-0.1, -0.05) is 6.07 Å². The lowest BCUT2D eigenvalue weighted by atomic mass is 9.96. The summed E-state index contributed by atoms with van der Waals surface area (Å²) in [7, 11) is 0. The molecule has 9 nitrogen and oxygen atoms in total. The molecule has 3 aromatic heterocycles. The number of thiophene rings is 1. The molecule has 1 aliphatic rings. The van der Waals surface area contributed by atoms with Crippen LogP contribution >= 0.6 is 11.3 Å². The molecule has 10 heteroatoms. The molecule has 1 aliphatic heterocycles. The highest BCUT2D eigenvalue weighted by Gasteiger charge is 2.25. The quantitative estimate of drug-likeness (QED) is 0.725. The van der Waals surface area contributed by atoms with Gasteiger partial charge in [0.2, 0.25) is 5.95 Å². The average Bonchev–Trinajstić information content (AvgIpc) is 3.35. The number of nitrogens with zero attached hydrogens (tertiary/aromatic N) is 6. The minimum Gasteiger partial charge on any atom is -0.342 e. The Labute approximate surface area is 146 Å². The molecule has 0 aliphatic carbocycles. The third kappa shape index (κ3) is 2.89. The maximum Gasteiger partial charge on any atom is 0.270 e. The molecular formula is C15H14N8OS. The summed E-state index contributed by atoms with van der Waals surface area (Å²) in [5.41, 5.74) is 0.0871. The summed E-state index contributed by atoms with van der Waals surface area (Å²) in [6.07, 6.45) is 1.71. The van der Waals surface area contributed by atoms with Crippen LogP contribution in [-0.4, -0.2) is 43.7 Å². The SMILES string of the molecule is N#Cc1c(-c2cccs2)nc(N2CCC(c3nnn[nH]3)CC2)[nH]c1=O. The summed E-state index contributed by atoms with van der Waals surface area (Å²) in [5, 5.41) is 25.2. The Morgan fingerprint density at radius 3 is 2.84 bits per heavy atom. The zero-order chi connectivity index (χ0) is 17.2. The highest BCUT2D eigenvalue weighted by Crippen LogP contribution is 2.29. The summed E-state index contributed by atoms with van der Waals surface area (Å²) in [5.74, 6) is 1.56. The Kier molecular flexibility index (Phi) is 3.99. The lowest BCUT2D eigenvalue weighted by Gasteiger charge is -2.31. The van der Waals surface area contributed by atoms with Crippen LogP contribution in [0.3, 0.4) is 0 Å². The molecule has 0 bridgehead atoms. The third-order valence-electron chi connectivity index (χ3n) is 4.32. The minimum atomic E-state index is -0.405. The molecule has 0 saturated carbocycles. The number of rotatable bonds is 3. The van der Waals surface area contributed by atoms with Gasteiger partial charge >= 0.3 is 0 Å². The van der Waals surface area contributed by atoms with Crippen molar-refractivity contribution in [2.24, 2.45) is 0 Å². The molecule has 0 spiro atoms. The van der Waals surface area contributed by atoms with E-state index in [9.17, 15) is 10.1 Å². The van der Waals surface area contributed by atoms with Crippen molar-refractivity contribution in [3.05, 3.63) is 39.3 Å². The summed E-state index contributed by atoms with van der Waals surface area (Å²) in [6, 6.07) is 5.70. The monoisotopic (exact) mass is 354 g/mol. The standard InChI is InChI=1S/C15H14N8OS/c16-8-10-12(11-2-1-7-25-11)17-15(18-14(10)24)23-5-3-9(4-6-23)13-19-21-22-20-13/h1-2,7,9H,3-6H2,(H,17,18,24)(H,19,20,21,22). The summed E-state index contributed by atoms with van der Waals surface area (Å²) < 4.78 is 0. The summed E-state index contributed by atoms with van der Waals surface area (Å²) in [4.78, 5) is 22.5. The Hall–Kier alpha value is -3.06. The highest BCUT2D eigenvalue weighted by atomic mass is 32.1. The lowest BCUT2D eigenvalue weighted by Crippen LogP contribution is -2.36. The zero-order valence-corrected chi connectivity index (χ0v) is 14.0. The number of nitrogens with one attached hydrogen (secondary N) is 2. The zero-order valence-electron chi connectivity index (χ0n) is 13.1. The Balaban J connectivity index is 1.62. The molecule has 0 atom stereocenters. The molecular weight excluding hydrogens is 340 g/mol. The van der Waals surface area contributed by atoms with Crippen molar-refractivity contribution in [2.75, 3.05) is 18.0 Å². The van der Waals surface area contributed by atoms with Crippen LogP contribution in [0.15, 0.2) is 22.3 Å². The van der Waals surface area contributed by atoms with Gasteiger partial charge in [0, 0.05) is 19.0 Å². The van der Waals surface area contributed by atoms with Crippen LogP contribution in [0.25, 0.3) is 10.6 Å². The maximum absolute atomic E-state index is 12.3. The van der Waals surface area contributed by atoms with Crippen molar-refractivity contribution in [3.8, 4) is 16.6 Å². The van der Waals surface area contributed by atoms with E-state index in [4.69, 9.17) is 0 Å². The molecule has 25 heavy (non-hydrogen) atoms. The van der Waals surface area contributed by atoms with Gasteiger partial charge in [0.05, 0.1) is 4.88 Å². The first-order chi connectivity index (χ1) is 12.3. The Morgan fingerprint density at radius 1 is 1.36 bits per heavy atom. The van der Waals surface area contributed by atoms with Gasteiger partial charge in [0.15, 0.2) is 5.82 Å². The molecule has 1 fully saturated rings. The van der Waals surface area contributed by atoms with Gasteiger partial charge in [-0.05, 0) is 34.7 Å². The second kappa shape index (κ2) is 6.45. The van der Waals surface area contributed by atoms with E-state index in [1.54, 1.807) is 0 Å². The van der Waals surface area contributed by atoms with Crippen molar-refractivity contribution < 1.29 is 0 Å². The summed E-state index contributed by atoms with van der Waals surface area (Å²) >= 11 is 1.46. The smallest absolute Gasteiger partial charge is 0.270 e. The van der Waals surface area contributed by atoms with E-state index in [1.807, 2.05) is 28.5 Å². The number of tetrazole rings is 1. The number of hydrogen-bond acceptors (Lipinski definition) is 8. The van der Waals surface area contributed by atoms with E-state index in [0.717, 1.165) is 36.6 Å². The predicted molar refractivity (Wildman–Crippen MR) is 91.3 cm³/mol. The fraction of sp³-hybridized carbons (Fsp3) is 0.333. The summed E-state index contributed by atoms with van der Waals surface area (Å²) in [6.45, 7) is 1.45. The van der Waals surface area contributed by atoms with Crippen LogP contribution in [0.5, 0.6) is 0 Å². The molecule has 2 N–H and O–H groups in total. The molecule has 0 amide bonds. The van der Waals surface area contributed by atoms with Gasteiger partial charge in [0.1, 0.15) is 17.3 Å². The number of aromatic nitrogens is 6. The van der Waals surface area contributed by atoms with Gasteiger partial charge in [-0.15, -0.1) is 16.4 Å². The van der Waals surface area contributed by atoms with Gasteiger partial charge in [-0.2, -0.15) is 5.26 Å². The first kappa shape index (κ1) is 15.5. The molecule has 0 radical (unpaired) electrons. The molecule has 4 rings (SSSR count). The second-order valence-corrected chi connectivity index (χ2v) is 6.70. The molecule has 1 saturated heterocycles. The third-order valence-corrected chi connectivity index (χ3v) is 5.19. The second-order valence-electron chi connectivity index (χ2n) is 5.75. The predicted octanol–water partition coefficient (Wildman–Crippen LogP) is 1.27. The van der Waals surface area contributed by atoms with Crippen LogP contribution in [0.4, 0.5) is 5.95 Å². The first-order valence-corrected chi connectivity index (χ1v) is 8.71. The first-order valence-electron chi connectivity index (χ1n) is 7.83. The van der Waals surface area contributed by atoms with Gasteiger partial charge in [-0.3, -0.25) is 9.78 Å². The van der Waals surface area contributed by atoms with E-state index in [-0.39, 0.29) is 11.5 Å². The molecule has 0 aromatic carbocycles.